The summed E-state index contributed by atoms with van der Waals surface area (Å²) < 4.78 is 77.9. The predicted molar refractivity (Wildman–Crippen MR) is 126 cm³/mol. The van der Waals surface area contributed by atoms with Crippen molar-refractivity contribution in [1.29, 1.82) is 0 Å². The average molecular weight is 608 g/mol. The van der Waals surface area contributed by atoms with Gasteiger partial charge in [-0.25, -0.2) is 0 Å². The Kier molecular flexibility index (Phi) is 6.52. The summed E-state index contributed by atoms with van der Waals surface area (Å²) in [6.07, 6.45) is 0.696. The summed E-state index contributed by atoms with van der Waals surface area (Å²) in [5.74, 6) is 0. The number of rotatable bonds is 6. The summed E-state index contributed by atoms with van der Waals surface area (Å²) in [7, 11) is -26.7. The van der Waals surface area contributed by atoms with E-state index in [9.17, 15) is 0 Å². The van der Waals surface area contributed by atoms with Crippen molar-refractivity contribution in [3.8, 4) is 0 Å². The van der Waals surface area contributed by atoms with Crippen LogP contribution in [0.4, 0.5) is 0 Å². The minimum absolute atomic E-state index is 0.456. The van der Waals surface area contributed by atoms with E-state index in [-0.39, 0.29) is 0 Å². The molecule has 0 spiro atoms. The Bertz CT molecular complexity index is 765. The van der Waals surface area contributed by atoms with Gasteiger partial charge in [0.25, 0.3) is 0 Å². The Hall–Kier alpha value is 1.18. The van der Waals surface area contributed by atoms with Gasteiger partial charge in [0, 0.05) is 58.4 Å². The van der Waals surface area contributed by atoms with Crippen LogP contribution in [0.5, 0.6) is 0 Å². The van der Waals surface area contributed by atoms with Gasteiger partial charge in [-0.2, -0.15) is 0 Å². The first-order valence-electron chi connectivity index (χ1n) is 10.9. The van der Waals surface area contributed by atoms with Gasteiger partial charge in [0.15, 0.2) is 0 Å². The van der Waals surface area contributed by atoms with E-state index < -0.39 is 71.2 Å². The van der Waals surface area contributed by atoms with Crippen LogP contribution in [0.3, 0.4) is 0 Å². The fourth-order valence-electron chi connectivity index (χ4n) is 4.63. The van der Waals surface area contributed by atoms with Crippen LogP contribution in [0.2, 0.25) is 45.3 Å². The molecule has 8 bridgehead atoms. The number of hydrogen-bond acceptors (Lipinski definition) is 14. The van der Waals surface area contributed by atoms with Crippen molar-refractivity contribution in [2.75, 3.05) is 19.6 Å². The lowest BCUT2D eigenvalue weighted by Gasteiger charge is -2.58. The first-order chi connectivity index (χ1) is 15.2. The van der Waals surface area contributed by atoms with E-state index in [0.29, 0.717) is 32.1 Å². The van der Waals surface area contributed by atoms with Crippen LogP contribution in [-0.4, -0.2) is 90.8 Å². The van der Waals surface area contributed by atoms with Gasteiger partial charge < -0.3 is 60.4 Å². The quantitative estimate of drug-likeness (QED) is 0.296. The lowest BCUT2D eigenvalue weighted by atomic mass is 10.5. The number of nitrogens with two attached hydrogens (primary N) is 1. The molecule has 6 heterocycles. The first kappa shape index (κ1) is 25.8. The van der Waals surface area contributed by atoms with Crippen LogP contribution in [0, 0.1) is 0 Å². The van der Waals surface area contributed by atoms with E-state index in [0.717, 1.165) is 0 Å². The molecule has 189 valence electrons. The second-order valence-electron chi connectivity index (χ2n) is 8.97. The van der Waals surface area contributed by atoms with Gasteiger partial charge in [0.05, 0.1) is 0 Å². The van der Waals surface area contributed by atoms with Crippen molar-refractivity contribution < 1.29 is 49.4 Å². The molecular weight excluding hydrogens is 577 g/mol. The molecule has 33 heavy (non-hydrogen) atoms. The molecule has 6 unspecified atom stereocenters. The Balaban J connectivity index is 1.60. The zero-order chi connectivity index (χ0) is 23.8. The molecule has 0 aliphatic carbocycles. The lowest BCUT2D eigenvalue weighted by Crippen LogP contribution is -2.84. The monoisotopic (exact) mass is 607 g/mol. The van der Waals surface area contributed by atoms with E-state index in [4.69, 9.17) is 55.1 Å². The van der Waals surface area contributed by atoms with E-state index in [1.54, 1.807) is 39.3 Å². The Morgan fingerprint density at radius 3 is 1.45 bits per heavy atom. The highest BCUT2D eigenvalue weighted by Gasteiger charge is 2.77. The molecule has 6 rings (SSSR count). The van der Waals surface area contributed by atoms with Crippen molar-refractivity contribution in [3.05, 3.63) is 0 Å². The standard InChI is InChI=1S/C11H31N2O12Si8/c1-27-14-26-15-28(2)19-30(4,17-27)21-32(6)22-31(5,18-27)20-29(3,16-26)24-33(23-28,25-32)11-7-9-13-10-8-12/h13H,7-12H2,1-6H3/t27?,28-,29?,30?,31?,32?,33?/m0/s1. The van der Waals surface area contributed by atoms with Gasteiger partial charge in [0.2, 0.25) is 0 Å². The third kappa shape index (κ3) is 5.28. The minimum Gasteiger partial charge on any atom is -0.374 e. The highest BCUT2D eigenvalue weighted by Crippen LogP contribution is 2.46. The van der Waals surface area contributed by atoms with Gasteiger partial charge in [0.1, 0.15) is 0 Å². The Labute approximate surface area is 202 Å². The van der Waals surface area contributed by atoms with Crippen LogP contribution >= 0.6 is 0 Å². The van der Waals surface area contributed by atoms with Crippen LogP contribution in [0.15, 0.2) is 0 Å². The van der Waals surface area contributed by atoms with Gasteiger partial charge in [-0.15, -0.1) is 0 Å². The summed E-state index contributed by atoms with van der Waals surface area (Å²) in [5, 5.41) is 3.28. The smallest absolute Gasteiger partial charge is 0.374 e. The molecule has 0 aromatic carbocycles. The molecule has 3 N–H and O–H groups in total. The van der Waals surface area contributed by atoms with Crippen LogP contribution in [0.25, 0.3) is 0 Å². The maximum atomic E-state index is 6.71. The third-order valence-corrected chi connectivity index (χ3v) is 38.6. The summed E-state index contributed by atoms with van der Waals surface area (Å²) in [6.45, 7) is 12.5. The summed E-state index contributed by atoms with van der Waals surface area (Å²) in [6, 6.07) is 0.456. The van der Waals surface area contributed by atoms with Gasteiger partial charge in [-0.05, 0) is 13.0 Å². The van der Waals surface area contributed by atoms with Gasteiger partial charge >= 0.3 is 71.2 Å². The molecule has 22 heteroatoms. The van der Waals surface area contributed by atoms with Gasteiger partial charge in [-0.1, -0.05) is 0 Å². The highest BCUT2D eigenvalue weighted by molar-refractivity contribution is 7.00. The Morgan fingerprint density at radius 2 is 0.970 bits per heavy atom. The summed E-state index contributed by atoms with van der Waals surface area (Å²) >= 11 is 0. The fourth-order valence-corrected chi connectivity index (χ4v) is 46.0. The molecule has 6 aliphatic heterocycles. The maximum Gasteiger partial charge on any atom is 0.553 e. The molecule has 0 saturated carbocycles. The van der Waals surface area contributed by atoms with Crippen LogP contribution in [-0.2, 0) is 49.4 Å². The largest absolute Gasteiger partial charge is 0.553 e. The first-order valence-corrected chi connectivity index (χ1v) is 27.4. The van der Waals surface area contributed by atoms with Gasteiger partial charge in [-0.3, -0.25) is 0 Å². The lowest BCUT2D eigenvalue weighted by molar-refractivity contribution is -0.0127. The van der Waals surface area contributed by atoms with E-state index in [1.165, 1.54) is 0 Å². The molecule has 0 aromatic heterocycles. The normalized spacial score (nSPS) is 53.9. The number of hydrogen-bond donors (Lipinski definition) is 2. The molecule has 6 saturated heterocycles. The minimum atomic E-state index is -3.55. The van der Waals surface area contributed by atoms with Crippen molar-refractivity contribution in [1.82, 2.24) is 5.32 Å². The zero-order valence-electron chi connectivity index (χ0n) is 19.5. The van der Waals surface area contributed by atoms with E-state index in [2.05, 4.69) is 5.32 Å². The van der Waals surface area contributed by atoms with E-state index in [1.807, 2.05) is 0 Å². The van der Waals surface area contributed by atoms with Crippen LogP contribution in [0.1, 0.15) is 6.42 Å². The van der Waals surface area contributed by atoms with Crippen molar-refractivity contribution in [3.63, 3.8) is 0 Å². The SMILES string of the molecule is C[Si]12O[Si]3O[Si]4(C)O[Si](C)(O1)O[Si]1(C)O[Si](C)(O2)O[Si@](C)(O3)O[Si](CCCNCCN)(O4)O1. The zero-order valence-corrected chi connectivity index (χ0v) is 27.5. The summed E-state index contributed by atoms with van der Waals surface area (Å²) in [4.78, 5) is 0. The summed E-state index contributed by atoms with van der Waals surface area (Å²) in [5.41, 5.74) is 5.59. The maximum absolute atomic E-state index is 6.71. The molecule has 1 radical (unpaired) electrons. The second-order valence-corrected chi connectivity index (χ2v) is 31.5. The third-order valence-electron chi connectivity index (χ3n) is 5.21. The van der Waals surface area contributed by atoms with Crippen molar-refractivity contribution in [2.45, 2.75) is 51.7 Å². The molecule has 0 amide bonds. The second kappa shape index (κ2) is 8.34. The van der Waals surface area contributed by atoms with Crippen molar-refractivity contribution >= 4 is 71.2 Å². The van der Waals surface area contributed by atoms with E-state index >= 15 is 0 Å². The molecule has 0 aromatic rings. The van der Waals surface area contributed by atoms with Crippen LogP contribution < -0.4 is 11.1 Å². The average Bonchev–Trinajstić information content (AvgIpc) is 2.52. The molecule has 14 nitrogen and oxygen atoms in total. The number of nitrogens with one attached hydrogen (secondary N) is 1. The Morgan fingerprint density at radius 1 is 0.576 bits per heavy atom. The molecule has 6 aliphatic rings. The topological polar surface area (TPSA) is 149 Å². The molecule has 7 atom stereocenters. The highest BCUT2D eigenvalue weighted by atomic mass is 28.6. The molecule has 6 fully saturated rings. The van der Waals surface area contributed by atoms with Crippen molar-refractivity contribution in [2.24, 2.45) is 5.73 Å². The predicted octanol–water partition coefficient (Wildman–Crippen LogP) is -0.472. The fraction of sp³-hybridized carbons (Fsp3) is 1.00. The molecular formula is C11H31N2O12Si8.